The highest BCUT2D eigenvalue weighted by molar-refractivity contribution is 5.93. The zero-order chi connectivity index (χ0) is 20.7. The average Bonchev–Trinajstić information content (AvgIpc) is 2.70. The molecule has 1 aromatic carbocycles. The van der Waals surface area contributed by atoms with Crippen molar-refractivity contribution in [2.75, 3.05) is 27.7 Å². The monoisotopic (exact) mass is 388 g/mol. The predicted molar refractivity (Wildman–Crippen MR) is 115 cm³/mol. The standard InChI is InChI=1S/C22H36N4O2/c1-7-22(8-2)18(14-19(22)28-9-3)25-21(23-4)24-15-16-10-12-17(13-11-16)20(27)26(5)6/h10-13,18-19H,7-9,14-15H2,1-6H3,(H2,23,24,25). The summed E-state index contributed by atoms with van der Waals surface area (Å²) >= 11 is 0. The number of hydrogen-bond donors (Lipinski definition) is 2. The number of benzene rings is 1. The fourth-order valence-electron chi connectivity index (χ4n) is 4.15. The van der Waals surface area contributed by atoms with Crippen LogP contribution in [0.1, 0.15) is 56.0 Å². The van der Waals surface area contributed by atoms with Crippen molar-refractivity contribution < 1.29 is 9.53 Å². The zero-order valence-electron chi connectivity index (χ0n) is 18.2. The van der Waals surface area contributed by atoms with Crippen LogP contribution < -0.4 is 10.6 Å². The van der Waals surface area contributed by atoms with Crippen LogP contribution in [-0.4, -0.2) is 56.7 Å². The van der Waals surface area contributed by atoms with Crippen LogP contribution in [0.25, 0.3) is 0 Å². The fourth-order valence-corrected chi connectivity index (χ4v) is 4.15. The van der Waals surface area contributed by atoms with Crippen molar-refractivity contribution >= 4 is 11.9 Å². The minimum atomic E-state index is 0.0151. The smallest absolute Gasteiger partial charge is 0.253 e. The molecule has 2 N–H and O–H groups in total. The Morgan fingerprint density at radius 2 is 1.86 bits per heavy atom. The van der Waals surface area contributed by atoms with Crippen LogP contribution in [0.15, 0.2) is 29.3 Å². The van der Waals surface area contributed by atoms with Gasteiger partial charge in [-0.1, -0.05) is 26.0 Å². The molecular formula is C22H36N4O2. The van der Waals surface area contributed by atoms with E-state index in [2.05, 4.69) is 36.4 Å². The maximum atomic E-state index is 12.0. The molecule has 1 amide bonds. The maximum Gasteiger partial charge on any atom is 0.253 e. The molecule has 2 unspecified atom stereocenters. The Bertz CT molecular complexity index is 666. The van der Waals surface area contributed by atoms with Crippen LogP contribution in [0, 0.1) is 5.41 Å². The molecule has 0 bridgehead atoms. The number of aliphatic imine (C=N–C) groups is 1. The highest BCUT2D eigenvalue weighted by Gasteiger charge is 2.53. The van der Waals surface area contributed by atoms with Gasteiger partial charge in [-0.3, -0.25) is 9.79 Å². The maximum absolute atomic E-state index is 12.0. The number of carbonyl (C=O) groups excluding carboxylic acids is 1. The predicted octanol–water partition coefficient (Wildman–Crippen LogP) is 3.04. The van der Waals surface area contributed by atoms with Crippen LogP contribution in [0.5, 0.6) is 0 Å². The van der Waals surface area contributed by atoms with E-state index in [0.717, 1.165) is 37.4 Å². The Morgan fingerprint density at radius 1 is 1.21 bits per heavy atom. The van der Waals surface area contributed by atoms with E-state index in [-0.39, 0.29) is 11.3 Å². The van der Waals surface area contributed by atoms with Crippen LogP contribution in [0.3, 0.4) is 0 Å². The number of hydrogen-bond acceptors (Lipinski definition) is 3. The molecule has 6 heteroatoms. The van der Waals surface area contributed by atoms with Gasteiger partial charge in [-0.15, -0.1) is 0 Å². The van der Waals surface area contributed by atoms with E-state index in [4.69, 9.17) is 4.74 Å². The second-order valence-corrected chi connectivity index (χ2v) is 7.64. The fraction of sp³-hybridized carbons (Fsp3) is 0.636. The van der Waals surface area contributed by atoms with Gasteiger partial charge >= 0.3 is 0 Å². The van der Waals surface area contributed by atoms with Gasteiger partial charge in [-0.2, -0.15) is 0 Å². The Kier molecular flexibility index (Phi) is 7.87. The lowest BCUT2D eigenvalue weighted by molar-refractivity contribution is -0.133. The van der Waals surface area contributed by atoms with Gasteiger partial charge in [0.05, 0.1) is 6.10 Å². The number of nitrogens with zero attached hydrogens (tertiary/aromatic N) is 2. The van der Waals surface area contributed by atoms with Gasteiger partial charge in [0.15, 0.2) is 5.96 Å². The SMILES string of the molecule is CCOC1CC(NC(=NC)NCc2ccc(C(=O)N(C)C)cc2)C1(CC)CC. The molecule has 1 aliphatic rings. The van der Waals surface area contributed by atoms with Gasteiger partial charge in [0.25, 0.3) is 5.91 Å². The lowest BCUT2D eigenvalue weighted by atomic mass is 9.58. The normalized spacial score (nSPS) is 21.0. The van der Waals surface area contributed by atoms with Crippen molar-refractivity contribution in [2.24, 2.45) is 10.4 Å². The topological polar surface area (TPSA) is 66.0 Å². The molecule has 6 nitrogen and oxygen atoms in total. The van der Waals surface area contributed by atoms with Crippen molar-refractivity contribution in [3.05, 3.63) is 35.4 Å². The highest BCUT2D eigenvalue weighted by atomic mass is 16.5. The van der Waals surface area contributed by atoms with Crippen molar-refractivity contribution in [1.82, 2.24) is 15.5 Å². The second kappa shape index (κ2) is 9.92. The summed E-state index contributed by atoms with van der Waals surface area (Å²) in [5.41, 5.74) is 1.97. The number of guanidine groups is 1. The average molecular weight is 389 g/mol. The lowest BCUT2D eigenvalue weighted by Gasteiger charge is -2.55. The van der Waals surface area contributed by atoms with E-state index in [1.54, 1.807) is 26.0 Å². The van der Waals surface area contributed by atoms with Crippen molar-refractivity contribution in [3.8, 4) is 0 Å². The molecular weight excluding hydrogens is 352 g/mol. The van der Waals surface area contributed by atoms with Crippen molar-refractivity contribution in [2.45, 2.75) is 58.7 Å². The van der Waals surface area contributed by atoms with Crippen LogP contribution in [-0.2, 0) is 11.3 Å². The molecule has 1 aliphatic carbocycles. The van der Waals surface area contributed by atoms with Gasteiger partial charge in [0, 0.05) is 51.3 Å². The Hall–Kier alpha value is -2.08. The van der Waals surface area contributed by atoms with Crippen LogP contribution in [0.2, 0.25) is 0 Å². The molecule has 0 spiro atoms. The summed E-state index contributed by atoms with van der Waals surface area (Å²) in [5, 5.41) is 6.99. The van der Waals surface area contributed by atoms with Gasteiger partial charge in [0.2, 0.25) is 0 Å². The van der Waals surface area contributed by atoms with Crippen molar-refractivity contribution in [1.29, 1.82) is 0 Å². The van der Waals surface area contributed by atoms with Crippen LogP contribution in [0.4, 0.5) is 0 Å². The number of carbonyl (C=O) groups is 1. The van der Waals surface area contributed by atoms with E-state index in [1.807, 2.05) is 24.3 Å². The summed E-state index contributed by atoms with van der Waals surface area (Å²) in [5.74, 6) is 0.820. The molecule has 28 heavy (non-hydrogen) atoms. The molecule has 0 aromatic heterocycles. The highest BCUT2D eigenvalue weighted by Crippen LogP contribution is 2.48. The number of ether oxygens (including phenoxy) is 1. The molecule has 156 valence electrons. The molecule has 2 rings (SSSR count). The summed E-state index contributed by atoms with van der Waals surface area (Å²) in [6.45, 7) is 7.97. The van der Waals surface area contributed by atoms with Gasteiger partial charge in [0.1, 0.15) is 0 Å². The van der Waals surface area contributed by atoms with E-state index in [1.165, 1.54) is 0 Å². The first-order valence-electron chi connectivity index (χ1n) is 10.3. The first-order chi connectivity index (χ1) is 13.4. The molecule has 0 heterocycles. The Labute approximate surface area is 169 Å². The van der Waals surface area contributed by atoms with E-state index < -0.39 is 0 Å². The minimum absolute atomic E-state index is 0.0151. The second-order valence-electron chi connectivity index (χ2n) is 7.64. The quantitative estimate of drug-likeness (QED) is 0.531. The van der Waals surface area contributed by atoms with E-state index in [9.17, 15) is 4.79 Å². The third-order valence-corrected chi connectivity index (χ3v) is 6.07. The van der Waals surface area contributed by atoms with E-state index >= 15 is 0 Å². The minimum Gasteiger partial charge on any atom is -0.378 e. The molecule has 1 saturated carbocycles. The number of rotatable bonds is 8. The first-order valence-corrected chi connectivity index (χ1v) is 10.3. The molecule has 0 aliphatic heterocycles. The molecule has 1 fully saturated rings. The van der Waals surface area contributed by atoms with Crippen molar-refractivity contribution in [3.63, 3.8) is 0 Å². The Morgan fingerprint density at radius 3 is 2.36 bits per heavy atom. The largest absolute Gasteiger partial charge is 0.378 e. The summed E-state index contributed by atoms with van der Waals surface area (Å²) in [6.07, 6.45) is 3.51. The molecule has 0 radical (unpaired) electrons. The van der Waals surface area contributed by atoms with Gasteiger partial charge in [-0.05, 0) is 43.9 Å². The summed E-state index contributed by atoms with van der Waals surface area (Å²) < 4.78 is 5.97. The lowest BCUT2D eigenvalue weighted by Crippen LogP contribution is -2.65. The summed E-state index contributed by atoms with van der Waals surface area (Å²) in [7, 11) is 5.32. The molecule has 0 saturated heterocycles. The third-order valence-electron chi connectivity index (χ3n) is 6.07. The number of nitrogens with one attached hydrogen (secondary N) is 2. The zero-order valence-corrected chi connectivity index (χ0v) is 18.2. The van der Waals surface area contributed by atoms with Crippen LogP contribution >= 0.6 is 0 Å². The molecule has 1 aromatic rings. The number of amides is 1. The summed E-state index contributed by atoms with van der Waals surface area (Å²) in [6, 6.07) is 8.06. The Balaban J connectivity index is 1.94. The van der Waals surface area contributed by atoms with Gasteiger partial charge in [-0.25, -0.2) is 0 Å². The third kappa shape index (κ3) is 4.66. The van der Waals surface area contributed by atoms with E-state index in [0.29, 0.717) is 24.3 Å². The van der Waals surface area contributed by atoms with Gasteiger partial charge < -0.3 is 20.3 Å². The summed E-state index contributed by atoms with van der Waals surface area (Å²) in [4.78, 5) is 18.0. The first kappa shape index (κ1) is 22.2. The molecule has 2 atom stereocenters.